The number of hydrogen-bond acceptors (Lipinski definition) is 5. The van der Waals surface area contributed by atoms with E-state index in [1.54, 1.807) is 0 Å². The average Bonchev–Trinajstić information content (AvgIpc) is 3.24. The number of imidazole rings is 1. The molecule has 1 atom stereocenters. The van der Waals surface area contributed by atoms with Crippen LogP contribution in [0, 0.1) is 6.92 Å². The maximum atomic E-state index is 4.95. The summed E-state index contributed by atoms with van der Waals surface area (Å²) in [4.78, 5) is 13.7. The summed E-state index contributed by atoms with van der Waals surface area (Å²) in [5, 5.41) is 7.03. The van der Waals surface area contributed by atoms with Gasteiger partial charge in [-0.3, -0.25) is 9.38 Å². The van der Waals surface area contributed by atoms with E-state index >= 15 is 0 Å². The van der Waals surface area contributed by atoms with E-state index in [0.717, 1.165) is 59.1 Å². The second-order valence-corrected chi connectivity index (χ2v) is 7.57. The van der Waals surface area contributed by atoms with Gasteiger partial charge in [-0.25, -0.2) is 9.97 Å². The molecule has 1 fully saturated rings. The molecule has 1 saturated heterocycles. The molecule has 1 aliphatic heterocycles. The van der Waals surface area contributed by atoms with E-state index in [1.807, 2.05) is 30.7 Å². The third kappa shape index (κ3) is 3.59. The molecule has 4 aromatic rings. The van der Waals surface area contributed by atoms with Crippen molar-refractivity contribution < 1.29 is 0 Å². The van der Waals surface area contributed by atoms with Crippen LogP contribution >= 0.6 is 0 Å². The van der Waals surface area contributed by atoms with Crippen molar-refractivity contribution in [2.24, 2.45) is 0 Å². The monoisotopic (exact) mass is 384 g/mol. The van der Waals surface area contributed by atoms with Crippen LogP contribution in [0.1, 0.15) is 18.5 Å². The molecule has 1 unspecified atom stereocenters. The van der Waals surface area contributed by atoms with Crippen molar-refractivity contribution in [1.82, 2.24) is 24.7 Å². The minimum Gasteiger partial charge on any atom is -0.363 e. The number of benzene rings is 1. The summed E-state index contributed by atoms with van der Waals surface area (Å²) in [5.74, 6) is 0.848. The summed E-state index contributed by atoms with van der Waals surface area (Å²) in [6.45, 7) is 4.12. The fraction of sp³-hybridized carbons (Fsp3) is 0.261. The molecule has 6 nitrogen and oxygen atoms in total. The summed E-state index contributed by atoms with van der Waals surface area (Å²) in [5.41, 5.74) is 6.28. The third-order valence-electron chi connectivity index (χ3n) is 5.49. The Morgan fingerprint density at radius 1 is 1.10 bits per heavy atom. The summed E-state index contributed by atoms with van der Waals surface area (Å²) in [7, 11) is 0. The Hall–Kier alpha value is -3.25. The number of aryl methyl sites for hydroxylation is 1. The highest BCUT2D eigenvalue weighted by molar-refractivity contribution is 5.74. The molecule has 29 heavy (non-hydrogen) atoms. The van der Waals surface area contributed by atoms with E-state index in [4.69, 9.17) is 4.98 Å². The number of pyridine rings is 1. The Balaban J connectivity index is 1.53. The number of hydrogen-bond donors (Lipinski definition) is 2. The van der Waals surface area contributed by atoms with Gasteiger partial charge in [0.1, 0.15) is 0 Å². The number of aromatic nitrogens is 4. The summed E-state index contributed by atoms with van der Waals surface area (Å²) in [6, 6.07) is 12.9. The van der Waals surface area contributed by atoms with E-state index < -0.39 is 0 Å². The summed E-state index contributed by atoms with van der Waals surface area (Å²) in [6.07, 6.45) is 9.98. The number of anilines is 1. The van der Waals surface area contributed by atoms with Crippen molar-refractivity contribution in [2.75, 3.05) is 18.4 Å². The van der Waals surface area contributed by atoms with E-state index in [-0.39, 0.29) is 0 Å². The van der Waals surface area contributed by atoms with Crippen molar-refractivity contribution >= 4 is 11.5 Å². The van der Waals surface area contributed by atoms with Crippen molar-refractivity contribution in [2.45, 2.75) is 25.8 Å². The first-order chi connectivity index (χ1) is 14.3. The lowest BCUT2D eigenvalue weighted by atomic mass is 10.0. The molecule has 0 saturated carbocycles. The molecule has 2 N–H and O–H groups in total. The van der Waals surface area contributed by atoms with Crippen molar-refractivity contribution in [1.29, 1.82) is 0 Å². The van der Waals surface area contributed by atoms with Crippen LogP contribution in [0.25, 0.3) is 28.0 Å². The summed E-state index contributed by atoms with van der Waals surface area (Å²) >= 11 is 0. The molecular formula is C23H24N6. The normalized spacial score (nSPS) is 16.8. The predicted octanol–water partition coefficient (Wildman–Crippen LogP) is 3.93. The van der Waals surface area contributed by atoms with Crippen LogP contribution in [0.15, 0.2) is 61.2 Å². The molecule has 1 aliphatic rings. The lowest BCUT2D eigenvalue weighted by Crippen LogP contribution is -2.38. The van der Waals surface area contributed by atoms with Gasteiger partial charge < -0.3 is 10.6 Å². The molecule has 1 aromatic carbocycles. The van der Waals surface area contributed by atoms with Crippen LogP contribution in [-0.4, -0.2) is 38.5 Å². The zero-order valence-corrected chi connectivity index (χ0v) is 16.5. The minimum absolute atomic E-state index is 0.387. The first-order valence-electron chi connectivity index (χ1n) is 10.1. The second-order valence-electron chi connectivity index (χ2n) is 7.57. The van der Waals surface area contributed by atoms with Gasteiger partial charge in [-0.15, -0.1) is 0 Å². The molecule has 5 rings (SSSR count). The van der Waals surface area contributed by atoms with Gasteiger partial charge in [-0.05, 0) is 55.6 Å². The van der Waals surface area contributed by atoms with Crippen LogP contribution in [0.4, 0.5) is 5.82 Å². The minimum atomic E-state index is 0.387. The number of nitrogens with one attached hydrogen (secondary N) is 2. The molecule has 0 radical (unpaired) electrons. The van der Waals surface area contributed by atoms with Crippen molar-refractivity contribution in [3.05, 3.63) is 66.9 Å². The Morgan fingerprint density at radius 3 is 2.79 bits per heavy atom. The van der Waals surface area contributed by atoms with Gasteiger partial charge in [0.25, 0.3) is 0 Å². The van der Waals surface area contributed by atoms with Gasteiger partial charge in [0.15, 0.2) is 11.5 Å². The van der Waals surface area contributed by atoms with Crippen LogP contribution in [0.5, 0.6) is 0 Å². The smallest absolute Gasteiger partial charge is 0.180 e. The Morgan fingerprint density at radius 2 is 1.97 bits per heavy atom. The first kappa shape index (κ1) is 17.8. The molecule has 0 aliphatic carbocycles. The maximum absolute atomic E-state index is 4.95. The molecular weight excluding hydrogens is 360 g/mol. The number of rotatable bonds is 4. The fourth-order valence-electron chi connectivity index (χ4n) is 3.91. The van der Waals surface area contributed by atoms with Crippen LogP contribution in [-0.2, 0) is 0 Å². The number of fused-ring (bicyclic) bond motifs is 1. The largest absolute Gasteiger partial charge is 0.363 e. The van der Waals surface area contributed by atoms with Crippen molar-refractivity contribution in [3.63, 3.8) is 0 Å². The van der Waals surface area contributed by atoms with E-state index in [9.17, 15) is 0 Å². The van der Waals surface area contributed by atoms with Crippen LogP contribution < -0.4 is 10.6 Å². The average molecular weight is 384 g/mol. The molecule has 0 amide bonds. The lowest BCUT2D eigenvalue weighted by Gasteiger charge is -2.24. The van der Waals surface area contributed by atoms with E-state index in [2.05, 4.69) is 62.4 Å². The zero-order chi connectivity index (χ0) is 19.6. The van der Waals surface area contributed by atoms with Gasteiger partial charge in [-0.1, -0.05) is 18.2 Å². The maximum Gasteiger partial charge on any atom is 0.180 e. The molecule has 0 spiro atoms. The highest BCUT2D eigenvalue weighted by Gasteiger charge is 2.17. The highest BCUT2D eigenvalue weighted by Crippen LogP contribution is 2.28. The molecule has 6 heteroatoms. The molecule has 3 aromatic heterocycles. The standard InChI is InChI=1S/C23H24N6/c1-16-13-26-22(27-20-6-3-9-25-14-20)23-28-21(15-29(16)23)19-5-2-4-18(12-19)17-7-10-24-11-8-17/h2,4-5,7-8,10-13,15,20,25H,3,6,9,14H2,1H3,(H,26,27). The lowest BCUT2D eigenvalue weighted by molar-refractivity contribution is 0.479. The van der Waals surface area contributed by atoms with E-state index in [1.165, 1.54) is 6.42 Å². The third-order valence-corrected chi connectivity index (χ3v) is 5.49. The molecule has 0 bridgehead atoms. The first-order valence-corrected chi connectivity index (χ1v) is 10.1. The molecule has 146 valence electrons. The molecule has 4 heterocycles. The van der Waals surface area contributed by atoms with Gasteiger partial charge in [0.05, 0.1) is 5.69 Å². The van der Waals surface area contributed by atoms with Gasteiger partial charge in [0, 0.05) is 48.6 Å². The SMILES string of the molecule is Cc1cnc(NC2CCCNC2)c2nc(-c3cccc(-c4ccncc4)c3)cn12. The second kappa shape index (κ2) is 7.64. The topological polar surface area (TPSA) is 67.1 Å². The number of piperidine rings is 1. The Kier molecular flexibility index (Phi) is 4.69. The van der Waals surface area contributed by atoms with E-state index in [0.29, 0.717) is 6.04 Å². The zero-order valence-electron chi connectivity index (χ0n) is 16.5. The Bertz CT molecular complexity index is 1130. The quantitative estimate of drug-likeness (QED) is 0.558. The fourth-order valence-corrected chi connectivity index (χ4v) is 3.91. The van der Waals surface area contributed by atoms with Gasteiger partial charge in [-0.2, -0.15) is 0 Å². The number of nitrogens with zero attached hydrogens (tertiary/aromatic N) is 4. The van der Waals surface area contributed by atoms with Gasteiger partial charge in [0.2, 0.25) is 0 Å². The van der Waals surface area contributed by atoms with Crippen LogP contribution in [0.3, 0.4) is 0 Å². The van der Waals surface area contributed by atoms with Crippen molar-refractivity contribution in [3.8, 4) is 22.4 Å². The Labute approximate surface area is 170 Å². The van der Waals surface area contributed by atoms with Gasteiger partial charge >= 0.3 is 0 Å². The predicted molar refractivity (Wildman–Crippen MR) is 116 cm³/mol. The van der Waals surface area contributed by atoms with Crippen LogP contribution in [0.2, 0.25) is 0 Å². The summed E-state index contributed by atoms with van der Waals surface area (Å²) < 4.78 is 2.13. The highest BCUT2D eigenvalue weighted by atomic mass is 15.1.